The molecule has 150 valence electrons. The van der Waals surface area contributed by atoms with Crippen LogP contribution in [0.4, 0.5) is 0 Å². The Hall–Kier alpha value is -3.25. The van der Waals surface area contributed by atoms with Crippen molar-refractivity contribution >= 4 is 28.6 Å². The number of pyridine rings is 1. The van der Waals surface area contributed by atoms with Crippen molar-refractivity contribution < 1.29 is 14.6 Å². The van der Waals surface area contributed by atoms with Crippen molar-refractivity contribution in [3.8, 4) is 16.9 Å². The number of thioether (sulfide) groups is 1. The normalized spacial score (nSPS) is 15.3. The smallest absolute Gasteiger partial charge is 0.353 e. The van der Waals surface area contributed by atoms with Crippen molar-refractivity contribution in [1.82, 2.24) is 9.97 Å². The van der Waals surface area contributed by atoms with E-state index >= 15 is 0 Å². The van der Waals surface area contributed by atoms with Gasteiger partial charge in [-0.25, -0.2) is 4.79 Å². The monoisotopic (exact) mass is 416 g/mol. The Morgan fingerprint density at radius 3 is 2.73 bits per heavy atom. The topological polar surface area (TPSA) is 75.2 Å². The molecule has 6 heteroatoms. The number of hydrogen-bond acceptors (Lipinski definition) is 4. The highest BCUT2D eigenvalue weighted by molar-refractivity contribution is 8.00. The third-order valence-corrected chi connectivity index (χ3v) is 6.53. The first kappa shape index (κ1) is 18.8. The molecule has 5 rings (SSSR count). The van der Waals surface area contributed by atoms with E-state index in [0.717, 1.165) is 50.4 Å². The number of ether oxygens (including phenoxy) is 1. The standard InChI is InChI=1S/C24H20N2O3S/c1-14-11-18-20(10-9-19-21(18)23(30-14)22(26-19)24(27)28)29-13-17-8-7-16(12-25-17)15-5-3-2-4-6-15/h2-10,12,14,26H,11,13H2,1H3,(H,27,28). The molecule has 0 aliphatic carbocycles. The number of benzene rings is 2. The fourth-order valence-electron chi connectivity index (χ4n) is 3.91. The van der Waals surface area contributed by atoms with Crippen molar-refractivity contribution in [1.29, 1.82) is 0 Å². The van der Waals surface area contributed by atoms with Crippen LogP contribution in [0, 0.1) is 0 Å². The van der Waals surface area contributed by atoms with E-state index in [1.165, 1.54) is 0 Å². The van der Waals surface area contributed by atoms with Crippen LogP contribution in [0.2, 0.25) is 0 Å². The number of carboxylic acids is 1. The molecule has 4 aromatic rings. The molecule has 2 N–H and O–H groups in total. The number of H-pyrrole nitrogens is 1. The maximum Gasteiger partial charge on any atom is 0.353 e. The molecule has 3 heterocycles. The van der Waals surface area contributed by atoms with Crippen molar-refractivity contribution in [3.05, 3.63) is 77.7 Å². The van der Waals surface area contributed by atoms with E-state index in [1.807, 2.05) is 42.6 Å². The summed E-state index contributed by atoms with van der Waals surface area (Å²) in [6, 6.07) is 18.0. The largest absolute Gasteiger partial charge is 0.487 e. The van der Waals surface area contributed by atoms with E-state index in [4.69, 9.17) is 4.74 Å². The van der Waals surface area contributed by atoms with Gasteiger partial charge in [0, 0.05) is 38.4 Å². The first-order chi connectivity index (χ1) is 14.6. The molecule has 0 amide bonds. The van der Waals surface area contributed by atoms with E-state index in [9.17, 15) is 9.90 Å². The molecule has 1 unspecified atom stereocenters. The van der Waals surface area contributed by atoms with E-state index < -0.39 is 5.97 Å². The van der Waals surface area contributed by atoms with Crippen LogP contribution in [0.5, 0.6) is 5.75 Å². The van der Waals surface area contributed by atoms with Gasteiger partial charge in [0.2, 0.25) is 0 Å². The summed E-state index contributed by atoms with van der Waals surface area (Å²) in [4.78, 5) is 20.0. The summed E-state index contributed by atoms with van der Waals surface area (Å²) in [6.07, 6.45) is 2.70. The summed E-state index contributed by atoms with van der Waals surface area (Å²) in [7, 11) is 0. The fourth-order valence-corrected chi connectivity index (χ4v) is 5.17. The summed E-state index contributed by atoms with van der Waals surface area (Å²) >= 11 is 1.61. The second-order valence-corrected chi connectivity index (χ2v) is 8.87. The molecule has 1 atom stereocenters. The zero-order valence-electron chi connectivity index (χ0n) is 16.4. The Labute approximate surface area is 178 Å². The number of aromatic amines is 1. The number of hydrogen-bond donors (Lipinski definition) is 2. The van der Waals surface area contributed by atoms with Crippen LogP contribution in [0.3, 0.4) is 0 Å². The summed E-state index contributed by atoms with van der Waals surface area (Å²) in [6.45, 7) is 2.47. The number of carbonyl (C=O) groups is 1. The quantitative estimate of drug-likeness (QED) is 0.446. The zero-order valence-corrected chi connectivity index (χ0v) is 17.2. The van der Waals surface area contributed by atoms with Crippen molar-refractivity contribution in [3.63, 3.8) is 0 Å². The molecule has 0 fully saturated rings. The minimum atomic E-state index is -0.932. The summed E-state index contributed by atoms with van der Waals surface area (Å²) in [5, 5.41) is 10.8. The average molecular weight is 417 g/mol. The van der Waals surface area contributed by atoms with E-state index in [1.54, 1.807) is 11.8 Å². The minimum absolute atomic E-state index is 0.262. The molecule has 1 aliphatic rings. The predicted octanol–water partition coefficient (Wildman–Crippen LogP) is 5.54. The predicted molar refractivity (Wildman–Crippen MR) is 118 cm³/mol. The lowest BCUT2D eigenvalue weighted by Crippen LogP contribution is -2.10. The van der Waals surface area contributed by atoms with Gasteiger partial charge in [-0.15, -0.1) is 11.8 Å². The summed E-state index contributed by atoms with van der Waals surface area (Å²) < 4.78 is 6.14. The van der Waals surface area contributed by atoms with Gasteiger partial charge in [0.05, 0.1) is 5.69 Å². The molecule has 2 aromatic carbocycles. The van der Waals surface area contributed by atoms with Gasteiger partial charge in [-0.3, -0.25) is 4.98 Å². The zero-order chi connectivity index (χ0) is 20.7. The SMILES string of the molecule is CC1Cc2c(OCc3ccc(-c4ccccc4)cn3)ccc3[nH]c(C(=O)O)c(c23)S1. The molecule has 2 aromatic heterocycles. The maximum absolute atomic E-state index is 11.6. The molecule has 0 spiro atoms. The second kappa shape index (κ2) is 7.54. The van der Waals surface area contributed by atoms with Crippen LogP contribution in [0.15, 0.2) is 65.7 Å². The van der Waals surface area contributed by atoms with E-state index in [2.05, 4.69) is 35.1 Å². The molecular weight excluding hydrogens is 396 g/mol. The molecule has 0 saturated carbocycles. The van der Waals surface area contributed by atoms with Crippen LogP contribution in [0.25, 0.3) is 22.0 Å². The van der Waals surface area contributed by atoms with Gasteiger partial charge in [-0.1, -0.05) is 43.3 Å². The number of rotatable bonds is 5. The van der Waals surface area contributed by atoms with Crippen LogP contribution in [-0.2, 0) is 13.0 Å². The summed E-state index contributed by atoms with van der Waals surface area (Å²) in [5.41, 5.74) is 5.22. The highest BCUT2D eigenvalue weighted by Crippen LogP contribution is 2.45. The van der Waals surface area contributed by atoms with Crippen LogP contribution in [0.1, 0.15) is 28.7 Å². The third-order valence-electron chi connectivity index (χ3n) is 5.32. The van der Waals surface area contributed by atoms with Gasteiger partial charge in [0.15, 0.2) is 0 Å². The van der Waals surface area contributed by atoms with Gasteiger partial charge in [0.1, 0.15) is 18.1 Å². The maximum atomic E-state index is 11.6. The first-order valence-electron chi connectivity index (χ1n) is 9.81. The van der Waals surface area contributed by atoms with E-state index in [0.29, 0.717) is 6.61 Å². The Bertz CT molecular complexity index is 1230. The van der Waals surface area contributed by atoms with Crippen molar-refractivity contribution in [2.24, 2.45) is 0 Å². The molecule has 0 saturated heterocycles. The molecule has 0 bridgehead atoms. The first-order valence-corrected chi connectivity index (χ1v) is 10.7. The van der Waals surface area contributed by atoms with Crippen molar-refractivity contribution in [2.75, 3.05) is 0 Å². The molecule has 1 aliphatic heterocycles. The molecule has 5 nitrogen and oxygen atoms in total. The van der Waals surface area contributed by atoms with Gasteiger partial charge < -0.3 is 14.8 Å². The van der Waals surface area contributed by atoms with Gasteiger partial charge >= 0.3 is 5.97 Å². The second-order valence-electron chi connectivity index (χ2n) is 7.42. The number of nitrogens with one attached hydrogen (secondary N) is 1. The lowest BCUT2D eigenvalue weighted by Gasteiger charge is -2.21. The van der Waals surface area contributed by atoms with E-state index in [-0.39, 0.29) is 10.9 Å². The lowest BCUT2D eigenvalue weighted by molar-refractivity contribution is 0.0687. The minimum Gasteiger partial charge on any atom is -0.487 e. The summed E-state index contributed by atoms with van der Waals surface area (Å²) in [5.74, 6) is -0.139. The average Bonchev–Trinajstić information content (AvgIpc) is 3.14. The molecular formula is C24H20N2O3S. The molecule has 30 heavy (non-hydrogen) atoms. The Morgan fingerprint density at radius 1 is 1.17 bits per heavy atom. The highest BCUT2D eigenvalue weighted by Gasteiger charge is 2.28. The third kappa shape index (κ3) is 3.33. The lowest BCUT2D eigenvalue weighted by atomic mass is 10.0. The Kier molecular flexibility index (Phi) is 4.71. The van der Waals surface area contributed by atoms with Gasteiger partial charge in [-0.2, -0.15) is 0 Å². The number of aromatic nitrogens is 2. The van der Waals surface area contributed by atoms with Crippen LogP contribution < -0.4 is 4.74 Å². The van der Waals surface area contributed by atoms with Crippen molar-refractivity contribution in [2.45, 2.75) is 30.1 Å². The van der Waals surface area contributed by atoms with Gasteiger partial charge in [0.25, 0.3) is 0 Å². The number of nitrogens with zero attached hydrogens (tertiary/aromatic N) is 1. The number of aromatic carboxylic acids is 1. The van der Waals surface area contributed by atoms with Crippen LogP contribution >= 0.6 is 11.8 Å². The number of carboxylic acid groups (broad SMARTS) is 1. The fraction of sp³-hybridized carbons (Fsp3) is 0.167. The van der Waals surface area contributed by atoms with Gasteiger partial charge in [-0.05, 0) is 30.2 Å². The highest BCUT2D eigenvalue weighted by atomic mass is 32.2. The molecule has 0 radical (unpaired) electrons. The Morgan fingerprint density at radius 2 is 2.00 bits per heavy atom. The van der Waals surface area contributed by atoms with Crippen LogP contribution in [-0.4, -0.2) is 26.3 Å². The Balaban J connectivity index is 1.42.